The lowest BCUT2D eigenvalue weighted by Gasteiger charge is -2.36. The average molecular weight is 519 g/mol. The van der Waals surface area contributed by atoms with Gasteiger partial charge in [0.1, 0.15) is 12.4 Å². The molecule has 6 nitrogen and oxygen atoms in total. The Morgan fingerprint density at radius 2 is 1.79 bits per heavy atom. The summed E-state index contributed by atoms with van der Waals surface area (Å²) in [5.41, 5.74) is 3.14. The van der Waals surface area contributed by atoms with Crippen molar-refractivity contribution in [3.05, 3.63) is 64.2 Å². The van der Waals surface area contributed by atoms with Crippen LogP contribution in [-0.2, 0) is 26.6 Å². The Balaban J connectivity index is 1.12. The standard InChI is InChI=1S/C25H27ClN2O4S2/c26-21-5-1-18(2-6-21)17-31-24(30)28-11-9-27(10-12-28)8-7-25(33-13-14-34-25)20-4-3-19-15-23(29)32-22(19)16-20/h1-6,16H,7-15,17H2. The van der Waals surface area contributed by atoms with Gasteiger partial charge in [-0.05, 0) is 35.7 Å². The van der Waals surface area contributed by atoms with E-state index in [9.17, 15) is 9.59 Å². The van der Waals surface area contributed by atoms with Crippen LogP contribution in [0.1, 0.15) is 23.1 Å². The molecule has 3 aliphatic rings. The molecule has 3 aliphatic heterocycles. The summed E-state index contributed by atoms with van der Waals surface area (Å²) >= 11 is 9.89. The van der Waals surface area contributed by atoms with Gasteiger partial charge in [-0.1, -0.05) is 35.9 Å². The zero-order valence-corrected chi connectivity index (χ0v) is 21.2. The second-order valence-electron chi connectivity index (χ2n) is 8.68. The molecule has 3 heterocycles. The summed E-state index contributed by atoms with van der Waals surface area (Å²) in [4.78, 5) is 28.4. The third-order valence-corrected chi connectivity index (χ3v) is 10.3. The molecule has 0 bridgehead atoms. The van der Waals surface area contributed by atoms with E-state index in [1.165, 1.54) is 5.56 Å². The maximum atomic E-state index is 12.5. The van der Waals surface area contributed by atoms with Gasteiger partial charge in [-0.2, -0.15) is 0 Å². The molecule has 2 aromatic carbocycles. The van der Waals surface area contributed by atoms with Crippen molar-refractivity contribution in [2.24, 2.45) is 0 Å². The van der Waals surface area contributed by atoms with Crippen molar-refractivity contribution >= 4 is 47.2 Å². The first-order valence-electron chi connectivity index (χ1n) is 11.5. The van der Waals surface area contributed by atoms with Gasteiger partial charge < -0.3 is 14.4 Å². The van der Waals surface area contributed by atoms with Crippen LogP contribution in [0.3, 0.4) is 0 Å². The van der Waals surface area contributed by atoms with E-state index in [1.54, 1.807) is 17.0 Å². The first-order valence-corrected chi connectivity index (χ1v) is 13.9. The van der Waals surface area contributed by atoms with Crippen LogP contribution in [0.15, 0.2) is 42.5 Å². The fourth-order valence-electron chi connectivity index (χ4n) is 4.53. The number of halogens is 1. The van der Waals surface area contributed by atoms with Gasteiger partial charge in [0.25, 0.3) is 0 Å². The van der Waals surface area contributed by atoms with Crippen molar-refractivity contribution in [1.29, 1.82) is 0 Å². The molecule has 180 valence electrons. The van der Waals surface area contributed by atoms with E-state index in [-0.39, 0.29) is 22.7 Å². The number of carbonyl (C=O) groups is 2. The fourth-order valence-corrected chi connectivity index (χ4v) is 7.88. The fraction of sp³-hybridized carbons (Fsp3) is 0.440. The van der Waals surface area contributed by atoms with E-state index >= 15 is 0 Å². The van der Waals surface area contributed by atoms with Gasteiger partial charge in [0, 0.05) is 54.8 Å². The van der Waals surface area contributed by atoms with Crippen LogP contribution >= 0.6 is 35.1 Å². The molecule has 0 radical (unpaired) electrons. The quantitative estimate of drug-likeness (QED) is 0.403. The molecule has 0 N–H and O–H groups in total. The Hall–Kier alpha value is -1.87. The van der Waals surface area contributed by atoms with Crippen molar-refractivity contribution in [3.63, 3.8) is 0 Å². The molecule has 0 saturated carbocycles. The van der Waals surface area contributed by atoms with E-state index in [0.29, 0.717) is 24.5 Å². The summed E-state index contributed by atoms with van der Waals surface area (Å²) in [6, 6.07) is 13.6. The highest BCUT2D eigenvalue weighted by molar-refractivity contribution is 8.20. The SMILES string of the molecule is O=C1Cc2ccc(C3(CCN4CCN(C(=O)OCc5ccc(Cl)cc5)CC4)SCCS3)cc2O1. The van der Waals surface area contributed by atoms with Crippen molar-refractivity contribution in [3.8, 4) is 5.75 Å². The van der Waals surface area contributed by atoms with Crippen molar-refractivity contribution in [2.45, 2.75) is 23.5 Å². The van der Waals surface area contributed by atoms with Crippen LogP contribution in [-0.4, -0.2) is 66.1 Å². The molecule has 0 atom stereocenters. The number of nitrogens with zero attached hydrogens (tertiary/aromatic N) is 2. The monoisotopic (exact) mass is 518 g/mol. The van der Waals surface area contributed by atoms with Crippen LogP contribution in [0.2, 0.25) is 5.02 Å². The predicted octanol–water partition coefficient (Wildman–Crippen LogP) is 4.78. The molecule has 2 saturated heterocycles. The highest BCUT2D eigenvalue weighted by Crippen LogP contribution is 2.55. The van der Waals surface area contributed by atoms with E-state index in [2.05, 4.69) is 17.0 Å². The van der Waals surface area contributed by atoms with Crippen LogP contribution < -0.4 is 4.74 Å². The average Bonchev–Trinajstić information content (AvgIpc) is 3.48. The molecule has 0 aliphatic carbocycles. The number of rotatable bonds is 6. The molecule has 2 fully saturated rings. The van der Waals surface area contributed by atoms with E-state index in [1.807, 2.05) is 41.7 Å². The van der Waals surface area contributed by atoms with Crippen molar-refractivity contribution < 1.29 is 19.1 Å². The number of fused-ring (bicyclic) bond motifs is 1. The van der Waals surface area contributed by atoms with Crippen molar-refractivity contribution in [2.75, 3.05) is 44.2 Å². The molecule has 0 spiro atoms. The van der Waals surface area contributed by atoms with Gasteiger partial charge in [-0.3, -0.25) is 9.69 Å². The number of ether oxygens (including phenoxy) is 2. The molecule has 0 unspecified atom stereocenters. The number of hydrogen-bond acceptors (Lipinski definition) is 7. The highest BCUT2D eigenvalue weighted by atomic mass is 35.5. The Morgan fingerprint density at radius 3 is 2.53 bits per heavy atom. The summed E-state index contributed by atoms with van der Waals surface area (Å²) in [7, 11) is 0. The maximum Gasteiger partial charge on any atom is 0.410 e. The summed E-state index contributed by atoms with van der Waals surface area (Å²) in [6.07, 6.45) is 1.12. The van der Waals surface area contributed by atoms with Gasteiger partial charge in [0.05, 0.1) is 10.5 Å². The zero-order valence-electron chi connectivity index (χ0n) is 18.8. The summed E-state index contributed by atoms with van der Waals surface area (Å²) in [5, 5.41) is 0.669. The van der Waals surface area contributed by atoms with E-state index in [4.69, 9.17) is 21.1 Å². The van der Waals surface area contributed by atoms with Crippen LogP contribution in [0.4, 0.5) is 4.79 Å². The first kappa shape index (κ1) is 23.9. The van der Waals surface area contributed by atoms with E-state index < -0.39 is 0 Å². The molecule has 9 heteroatoms. The molecular formula is C25H27ClN2O4S2. The van der Waals surface area contributed by atoms with Crippen molar-refractivity contribution in [1.82, 2.24) is 9.80 Å². The molecule has 1 amide bonds. The largest absolute Gasteiger partial charge is 0.445 e. The zero-order chi connectivity index (χ0) is 23.5. The molecule has 5 rings (SSSR count). The maximum absolute atomic E-state index is 12.5. The lowest BCUT2D eigenvalue weighted by molar-refractivity contribution is -0.131. The Bertz CT molecular complexity index is 1050. The number of amides is 1. The van der Waals surface area contributed by atoms with Gasteiger partial charge in [-0.15, -0.1) is 23.5 Å². The smallest absolute Gasteiger partial charge is 0.410 e. The summed E-state index contributed by atoms with van der Waals surface area (Å²) in [6.45, 7) is 4.23. The number of benzene rings is 2. The first-order chi connectivity index (χ1) is 16.5. The number of thioether (sulfide) groups is 2. The second kappa shape index (κ2) is 10.4. The minimum Gasteiger partial charge on any atom is -0.445 e. The topological polar surface area (TPSA) is 59.1 Å². The molecule has 0 aromatic heterocycles. The van der Waals surface area contributed by atoms with Crippen LogP contribution in [0.25, 0.3) is 0 Å². The van der Waals surface area contributed by atoms with Crippen LogP contribution in [0.5, 0.6) is 5.75 Å². The minimum absolute atomic E-state index is 0.0152. The lowest BCUT2D eigenvalue weighted by atomic mass is 10.0. The third-order valence-electron chi connectivity index (χ3n) is 6.48. The highest BCUT2D eigenvalue weighted by Gasteiger charge is 2.39. The number of esters is 1. The Kier molecular flexibility index (Phi) is 7.30. The number of piperazine rings is 1. The minimum atomic E-state index is -0.263. The van der Waals surface area contributed by atoms with Crippen LogP contribution in [0, 0.1) is 0 Å². The third kappa shape index (κ3) is 5.35. The normalized spacial score (nSPS) is 19.7. The van der Waals surface area contributed by atoms with Gasteiger partial charge in [0.15, 0.2) is 0 Å². The summed E-state index contributed by atoms with van der Waals surface area (Å²) < 4.78 is 10.9. The van der Waals surface area contributed by atoms with Gasteiger partial charge in [0.2, 0.25) is 0 Å². The number of carbonyl (C=O) groups excluding carboxylic acids is 2. The predicted molar refractivity (Wildman–Crippen MR) is 137 cm³/mol. The number of hydrogen-bond donors (Lipinski definition) is 0. The molecule has 34 heavy (non-hydrogen) atoms. The lowest BCUT2D eigenvalue weighted by Crippen LogP contribution is -2.49. The summed E-state index contributed by atoms with van der Waals surface area (Å²) in [5.74, 6) is 2.79. The molecular weight excluding hydrogens is 492 g/mol. The Morgan fingerprint density at radius 1 is 1.06 bits per heavy atom. The Labute approximate surface area is 213 Å². The van der Waals surface area contributed by atoms with Gasteiger partial charge >= 0.3 is 12.1 Å². The van der Waals surface area contributed by atoms with E-state index in [0.717, 1.165) is 54.4 Å². The second-order valence-corrected chi connectivity index (χ2v) is 12.2. The molecule has 2 aromatic rings. The van der Waals surface area contributed by atoms with Gasteiger partial charge in [-0.25, -0.2) is 4.79 Å².